The number of hydrogen-bond acceptors (Lipinski definition) is 5. The Morgan fingerprint density at radius 1 is 1.36 bits per heavy atom. The molecule has 1 aromatic heterocycles. The van der Waals surface area contributed by atoms with E-state index >= 15 is 0 Å². The third kappa shape index (κ3) is 5.03. The molecule has 6 heteroatoms. The zero-order valence-electron chi connectivity index (χ0n) is 14.7. The van der Waals surface area contributed by atoms with Crippen LogP contribution in [0.3, 0.4) is 0 Å². The Morgan fingerprint density at radius 3 is 2.80 bits per heavy atom. The predicted octanol–water partition coefficient (Wildman–Crippen LogP) is 3.91. The summed E-state index contributed by atoms with van der Waals surface area (Å²) in [4.78, 5) is 17.4. The summed E-state index contributed by atoms with van der Waals surface area (Å²) < 4.78 is 4.61. The number of methoxy groups -OCH3 is 1. The smallest absolute Gasteiger partial charge is 0.406 e. The van der Waals surface area contributed by atoms with Gasteiger partial charge in [0.05, 0.1) is 18.8 Å². The van der Waals surface area contributed by atoms with E-state index in [0.29, 0.717) is 12.6 Å². The van der Waals surface area contributed by atoms with Crippen LogP contribution in [-0.4, -0.2) is 30.8 Å². The minimum Gasteiger partial charge on any atom is -0.453 e. The molecule has 1 aliphatic carbocycles. The van der Waals surface area contributed by atoms with Gasteiger partial charge >= 0.3 is 6.09 Å². The number of amides is 1. The van der Waals surface area contributed by atoms with Gasteiger partial charge in [-0.15, -0.1) is 11.3 Å². The number of nitrogens with zero attached hydrogens (tertiary/aromatic N) is 1. The molecule has 1 aromatic carbocycles. The highest BCUT2D eigenvalue weighted by Gasteiger charge is 2.25. The summed E-state index contributed by atoms with van der Waals surface area (Å²) >= 11 is 1.78. The van der Waals surface area contributed by atoms with E-state index in [0.717, 1.165) is 29.1 Å². The molecule has 25 heavy (non-hydrogen) atoms. The normalized spacial score (nSPS) is 15.0. The number of benzene rings is 1. The van der Waals surface area contributed by atoms with Crippen LogP contribution in [0, 0.1) is 0 Å². The number of aromatic nitrogens is 1. The van der Waals surface area contributed by atoms with Gasteiger partial charge in [-0.2, -0.15) is 0 Å². The van der Waals surface area contributed by atoms with E-state index in [1.807, 2.05) is 18.2 Å². The van der Waals surface area contributed by atoms with Crippen molar-refractivity contribution in [3.05, 3.63) is 40.2 Å². The zero-order chi connectivity index (χ0) is 17.6. The van der Waals surface area contributed by atoms with Gasteiger partial charge in [-0.1, -0.05) is 30.3 Å². The van der Waals surface area contributed by atoms with Crippen molar-refractivity contribution in [1.29, 1.82) is 0 Å². The Hall–Kier alpha value is -1.92. The van der Waals surface area contributed by atoms with Crippen molar-refractivity contribution in [3.8, 4) is 11.3 Å². The Bertz CT molecular complexity index is 698. The van der Waals surface area contributed by atoms with E-state index in [-0.39, 0.29) is 12.1 Å². The van der Waals surface area contributed by atoms with Gasteiger partial charge in [-0.3, -0.25) is 0 Å². The highest BCUT2D eigenvalue weighted by Crippen LogP contribution is 2.33. The lowest BCUT2D eigenvalue weighted by Crippen LogP contribution is -2.24. The Balaban J connectivity index is 1.71. The summed E-state index contributed by atoms with van der Waals surface area (Å²) in [7, 11) is 1.38. The largest absolute Gasteiger partial charge is 0.453 e. The summed E-state index contributed by atoms with van der Waals surface area (Å²) in [6.07, 6.45) is 3.92. The van der Waals surface area contributed by atoms with Crippen molar-refractivity contribution < 1.29 is 9.53 Å². The summed E-state index contributed by atoms with van der Waals surface area (Å²) in [6, 6.07) is 11.3. The second-order valence-electron chi connectivity index (χ2n) is 6.37. The Labute approximate surface area is 152 Å². The van der Waals surface area contributed by atoms with Gasteiger partial charge in [0.25, 0.3) is 0 Å². The molecule has 2 N–H and O–H groups in total. The Kier molecular flexibility index (Phi) is 6.04. The monoisotopic (exact) mass is 359 g/mol. The first-order chi connectivity index (χ1) is 12.2. The average molecular weight is 359 g/mol. The van der Waals surface area contributed by atoms with Gasteiger partial charge in [0.15, 0.2) is 0 Å². The van der Waals surface area contributed by atoms with Gasteiger partial charge in [-0.05, 0) is 32.6 Å². The fourth-order valence-electron chi connectivity index (χ4n) is 2.73. The maximum atomic E-state index is 11.2. The number of hydrogen-bond donors (Lipinski definition) is 2. The molecule has 1 saturated carbocycles. The molecule has 1 fully saturated rings. The number of alkyl carbamates (subject to hydrolysis) is 1. The van der Waals surface area contributed by atoms with Gasteiger partial charge in [-0.25, -0.2) is 9.78 Å². The predicted molar refractivity (Wildman–Crippen MR) is 101 cm³/mol. The van der Waals surface area contributed by atoms with Gasteiger partial charge in [0, 0.05) is 23.0 Å². The molecule has 1 heterocycles. The maximum absolute atomic E-state index is 11.2. The van der Waals surface area contributed by atoms with Crippen LogP contribution in [0.2, 0.25) is 0 Å². The highest BCUT2D eigenvalue weighted by molar-refractivity contribution is 7.12. The van der Waals surface area contributed by atoms with Crippen molar-refractivity contribution in [1.82, 2.24) is 15.6 Å². The molecule has 134 valence electrons. The zero-order valence-corrected chi connectivity index (χ0v) is 15.6. The molecule has 1 aliphatic rings. The third-order valence-electron chi connectivity index (χ3n) is 4.23. The molecule has 1 atom stereocenters. The number of thiazole rings is 1. The standard InChI is InChI=1S/C19H25N3O2S/c1-13(21-15-10-11-15)18-22-17(14-7-4-3-5-8-14)16(25-18)9-6-12-20-19(23)24-2/h3-5,7-8,13,15,21H,6,9-12H2,1-2H3,(H,20,23). The van der Waals surface area contributed by atoms with E-state index in [1.165, 1.54) is 24.8 Å². The van der Waals surface area contributed by atoms with Crippen LogP contribution in [0.1, 0.15) is 42.1 Å². The molecule has 2 aromatic rings. The van der Waals surface area contributed by atoms with Gasteiger partial charge in [0.2, 0.25) is 0 Å². The van der Waals surface area contributed by atoms with Crippen LogP contribution < -0.4 is 10.6 Å². The summed E-state index contributed by atoms with van der Waals surface area (Å²) in [5.41, 5.74) is 2.22. The fraction of sp³-hybridized carbons (Fsp3) is 0.474. The van der Waals surface area contributed by atoms with E-state index < -0.39 is 0 Å². The van der Waals surface area contributed by atoms with Crippen molar-refractivity contribution in [2.45, 2.75) is 44.7 Å². The first kappa shape index (κ1) is 17.9. The summed E-state index contributed by atoms with van der Waals surface area (Å²) in [5.74, 6) is 0. The molecular formula is C19H25N3O2S. The molecule has 5 nitrogen and oxygen atoms in total. The molecule has 0 spiro atoms. The third-order valence-corrected chi connectivity index (χ3v) is 5.53. The van der Waals surface area contributed by atoms with E-state index in [2.05, 4.69) is 34.4 Å². The van der Waals surface area contributed by atoms with Crippen LogP contribution >= 0.6 is 11.3 Å². The first-order valence-corrected chi connectivity index (χ1v) is 9.62. The topological polar surface area (TPSA) is 63.2 Å². The maximum Gasteiger partial charge on any atom is 0.406 e. The highest BCUT2D eigenvalue weighted by atomic mass is 32.1. The number of rotatable bonds is 8. The molecule has 1 unspecified atom stereocenters. The summed E-state index contributed by atoms with van der Waals surface area (Å²) in [5, 5.41) is 7.50. The molecule has 0 bridgehead atoms. The number of carbonyl (C=O) groups is 1. The van der Waals surface area contributed by atoms with Gasteiger partial charge < -0.3 is 15.4 Å². The van der Waals surface area contributed by atoms with Crippen LogP contribution in [0.25, 0.3) is 11.3 Å². The number of carbonyl (C=O) groups excluding carboxylic acids is 1. The van der Waals surface area contributed by atoms with E-state index in [4.69, 9.17) is 4.98 Å². The SMILES string of the molecule is COC(=O)NCCCc1sc(C(C)NC2CC2)nc1-c1ccccc1. The minimum atomic E-state index is -0.379. The second kappa shape index (κ2) is 8.45. The lowest BCUT2D eigenvalue weighted by molar-refractivity contribution is 0.171. The fourth-order valence-corrected chi connectivity index (χ4v) is 3.87. The lowest BCUT2D eigenvalue weighted by atomic mass is 10.1. The van der Waals surface area contributed by atoms with Crippen molar-refractivity contribution in [2.24, 2.45) is 0 Å². The minimum absolute atomic E-state index is 0.280. The van der Waals surface area contributed by atoms with Gasteiger partial charge in [0.1, 0.15) is 5.01 Å². The number of aryl methyl sites for hydroxylation is 1. The average Bonchev–Trinajstić information content (AvgIpc) is 3.35. The molecular weight excluding hydrogens is 334 g/mol. The molecule has 0 aliphatic heterocycles. The number of nitrogens with one attached hydrogen (secondary N) is 2. The quantitative estimate of drug-likeness (QED) is 0.702. The second-order valence-corrected chi connectivity index (χ2v) is 7.49. The van der Waals surface area contributed by atoms with Crippen LogP contribution in [0.15, 0.2) is 30.3 Å². The molecule has 0 saturated heterocycles. The van der Waals surface area contributed by atoms with Crippen LogP contribution in [-0.2, 0) is 11.2 Å². The Morgan fingerprint density at radius 2 is 2.12 bits per heavy atom. The molecule has 0 radical (unpaired) electrons. The van der Waals surface area contributed by atoms with Crippen LogP contribution in [0.4, 0.5) is 4.79 Å². The lowest BCUT2D eigenvalue weighted by Gasteiger charge is -2.09. The van der Waals surface area contributed by atoms with E-state index in [1.54, 1.807) is 11.3 Å². The van der Waals surface area contributed by atoms with Crippen LogP contribution in [0.5, 0.6) is 0 Å². The van der Waals surface area contributed by atoms with Crippen molar-refractivity contribution >= 4 is 17.4 Å². The van der Waals surface area contributed by atoms with E-state index in [9.17, 15) is 4.79 Å². The molecule has 3 rings (SSSR count). The first-order valence-electron chi connectivity index (χ1n) is 8.80. The van der Waals surface area contributed by atoms with Crippen molar-refractivity contribution in [3.63, 3.8) is 0 Å². The van der Waals surface area contributed by atoms with Crippen molar-refractivity contribution in [2.75, 3.05) is 13.7 Å². The summed E-state index contributed by atoms with van der Waals surface area (Å²) in [6.45, 7) is 2.79. The number of ether oxygens (including phenoxy) is 1. The molecule has 1 amide bonds.